The van der Waals surface area contributed by atoms with Crippen molar-refractivity contribution in [2.24, 2.45) is 5.41 Å². The van der Waals surface area contributed by atoms with Crippen molar-refractivity contribution in [2.75, 3.05) is 12.3 Å². The minimum absolute atomic E-state index is 0.163. The number of carbonyl (C=O) groups is 1. The number of hydrogen-bond donors (Lipinski definition) is 2. The van der Waals surface area contributed by atoms with Crippen LogP contribution in [0.2, 0.25) is 0 Å². The maximum absolute atomic E-state index is 12.0. The van der Waals surface area contributed by atoms with Crippen LogP contribution in [0, 0.1) is 5.41 Å². The maximum atomic E-state index is 12.0. The van der Waals surface area contributed by atoms with Crippen molar-refractivity contribution in [3.8, 4) is 0 Å². The highest BCUT2D eigenvalue weighted by atomic mass is 16.1. The molecule has 2 heterocycles. The van der Waals surface area contributed by atoms with Crippen molar-refractivity contribution in [3.63, 3.8) is 0 Å². The molecule has 6 heteroatoms. The molecule has 6 nitrogen and oxygen atoms in total. The third-order valence-corrected chi connectivity index (χ3v) is 3.66. The maximum Gasteiger partial charge on any atom is 0.269 e. The molecule has 20 heavy (non-hydrogen) atoms. The largest absolute Gasteiger partial charge is 0.384 e. The Morgan fingerprint density at radius 2 is 2.30 bits per heavy atom. The first-order valence-corrected chi connectivity index (χ1v) is 6.63. The molecule has 0 spiro atoms. The van der Waals surface area contributed by atoms with E-state index in [4.69, 9.17) is 5.73 Å². The van der Waals surface area contributed by atoms with Gasteiger partial charge >= 0.3 is 0 Å². The van der Waals surface area contributed by atoms with Crippen LogP contribution in [0.1, 0.15) is 23.3 Å². The number of amides is 1. The van der Waals surface area contributed by atoms with Crippen molar-refractivity contribution in [2.45, 2.75) is 19.4 Å². The first kappa shape index (κ1) is 12.7. The number of nitrogens with one attached hydrogen (secondary N) is 1. The molecule has 104 valence electrons. The first-order valence-electron chi connectivity index (χ1n) is 6.63. The van der Waals surface area contributed by atoms with Gasteiger partial charge in [-0.15, -0.1) is 0 Å². The standard InChI is InChI=1S/C14H17N5O/c15-12-3-1-2-11(18-12)13(20)17-8-14(4-5-14)9-19-7-6-16-10-19/h1-3,6-7,10H,4-5,8-9H2,(H2,15,18)(H,17,20). The Balaban J connectivity index is 1.58. The molecule has 0 unspecified atom stereocenters. The van der Waals surface area contributed by atoms with Gasteiger partial charge < -0.3 is 15.6 Å². The topological polar surface area (TPSA) is 85.8 Å². The van der Waals surface area contributed by atoms with Crippen LogP contribution in [0.5, 0.6) is 0 Å². The summed E-state index contributed by atoms with van der Waals surface area (Å²) in [5.41, 5.74) is 6.11. The molecule has 2 aromatic rings. The zero-order valence-electron chi connectivity index (χ0n) is 11.1. The lowest BCUT2D eigenvalue weighted by Crippen LogP contribution is -2.32. The summed E-state index contributed by atoms with van der Waals surface area (Å²) in [6, 6.07) is 5.06. The summed E-state index contributed by atoms with van der Waals surface area (Å²) in [6.45, 7) is 1.54. The molecule has 3 N–H and O–H groups in total. The number of imidazole rings is 1. The minimum Gasteiger partial charge on any atom is -0.384 e. The highest BCUT2D eigenvalue weighted by molar-refractivity contribution is 5.92. The van der Waals surface area contributed by atoms with E-state index < -0.39 is 0 Å². The first-order chi connectivity index (χ1) is 9.67. The van der Waals surface area contributed by atoms with E-state index >= 15 is 0 Å². The monoisotopic (exact) mass is 271 g/mol. The molecule has 0 bridgehead atoms. The molecule has 1 saturated carbocycles. The predicted molar refractivity (Wildman–Crippen MR) is 74.9 cm³/mol. The number of aromatic nitrogens is 3. The number of anilines is 1. The Kier molecular flexibility index (Phi) is 3.14. The van der Waals surface area contributed by atoms with Crippen LogP contribution >= 0.6 is 0 Å². The Morgan fingerprint density at radius 1 is 1.45 bits per heavy atom. The Morgan fingerprint density at radius 3 is 2.95 bits per heavy atom. The zero-order valence-corrected chi connectivity index (χ0v) is 11.1. The lowest BCUT2D eigenvalue weighted by molar-refractivity contribution is 0.0938. The van der Waals surface area contributed by atoms with Gasteiger partial charge in [0.05, 0.1) is 6.33 Å². The van der Waals surface area contributed by atoms with Crippen LogP contribution in [0.3, 0.4) is 0 Å². The van der Waals surface area contributed by atoms with E-state index in [0.29, 0.717) is 18.1 Å². The van der Waals surface area contributed by atoms with Crippen molar-refractivity contribution in [3.05, 3.63) is 42.6 Å². The van der Waals surface area contributed by atoms with E-state index in [0.717, 1.165) is 19.4 Å². The fourth-order valence-corrected chi connectivity index (χ4v) is 2.27. The van der Waals surface area contributed by atoms with E-state index in [1.165, 1.54) is 0 Å². The smallest absolute Gasteiger partial charge is 0.269 e. The Bertz CT molecular complexity index is 604. The minimum atomic E-state index is -0.172. The lowest BCUT2D eigenvalue weighted by Gasteiger charge is -2.16. The second-order valence-corrected chi connectivity index (χ2v) is 5.37. The molecule has 0 radical (unpaired) electrons. The summed E-state index contributed by atoms with van der Waals surface area (Å²) in [7, 11) is 0. The van der Waals surface area contributed by atoms with Gasteiger partial charge in [-0.1, -0.05) is 6.07 Å². The van der Waals surface area contributed by atoms with Gasteiger partial charge in [0.25, 0.3) is 5.91 Å². The average Bonchev–Trinajstić information content (AvgIpc) is 3.01. The number of nitrogen functional groups attached to an aromatic ring is 1. The zero-order chi connectivity index (χ0) is 14.0. The number of hydrogen-bond acceptors (Lipinski definition) is 4. The summed E-state index contributed by atoms with van der Waals surface area (Å²) < 4.78 is 2.05. The van der Waals surface area contributed by atoms with E-state index in [9.17, 15) is 4.79 Å². The fraction of sp³-hybridized carbons (Fsp3) is 0.357. The Hall–Kier alpha value is -2.37. The van der Waals surface area contributed by atoms with Gasteiger partial charge in [-0.2, -0.15) is 0 Å². The van der Waals surface area contributed by atoms with Crippen LogP contribution in [-0.4, -0.2) is 27.0 Å². The third kappa shape index (κ3) is 2.79. The van der Waals surface area contributed by atoms with Gasteiger partial charge in [-0.25, -0.2) is 9.97 Å². The third-order valence-electron chi connectivity index (χ3n) is 3.66. The molecule has 1 aliphatic rings. The molecule has 0 saturated heterocycles. The van der Waals surface area contributed by atoms with E-state index in [1.54, 1.807) is 30.7 Å². The molecular weight excluding hydrogens is 254 g/mol. The fourth-order valence-electron chi connectivity index (χ4n) is 2.27. The predicted octanol–water partition coefficient (Wildman–Crippen LogP) is 1.07. The molecule has 3 rings (SSSR count). The average molecular weight is 271 g/mol. The highest BCUT2D eigenvalue weighted by Crippen LogP contribution is 2.46. The van der Waals surface area contributed by atoms with Crippen molar-refractivity contribution in [1.82, 2.24) is 19.9 Å². The molecule has 2 aromatic heterocycles. The van der Waals surface area contributed by atoms with Crippen molar-refractivity contribution >= 4 is 11.7 Å². The van der Waals surface area contributed by atoms with Crippen LogP contribution in [0.25, 0.3) is 0 Å². The highest BCUT2D eigenvalue weighted by Gasteiger charge is 2.43. The molecular formula is C14H17N5O. The molecule has 1 fully saturated rings. The van der Waals surface area contributed by atoms with Gasteiger partial charge in [0.1, 0.15) is 11.5 Å². The molecule has 0 aliphatic heterocycles. The van der Waals surface area contributed by atoms with E-state index in [1.807, 2.05) is 6.20 Å². The van der Waals surface area contributed by atoms with Gasteiger partial charge in [0.2, 0.25) is 0 Å². The summed E-state index contributed by atoms with van der Waals surface area (Å²) in [6.07, 6.45) is 7.76. The molecule has 0 aromatic carbocycles. The van der Waals surface area contributed by atoms with Crippen LogP contribution < -0.4 is 11.1 Å². The van der Waals surface area contributed by atoms with Crippen molar-refractivity contribution < 1.29 is 4.79 Å². The van der Waals surface area contributed by atoms with E-state index in [2.05, 4.69) is 19.9 Å². The number of nitrogens with two attached hydrogens (primary N) is 1. The second kappa shape index (κ2) is 4.96. The number of rotatable bonds is 5. The molecule has 1 aliphatic carbocycles. The molecule has 1 amide bonds. The lowest BCUT2D eigenvalue weighted by atomic mass is 10.1. The number of carbonyl (C=O) groups excluding carboxylic acids is 1. The summed E-state index contributed by atoms with van der Waals surface area (Å²) in [5.74, 6) is 0.186. The SMILES string of the molecule is Nc1cccc(C(=O)NCC2(Cn3ccnc3)CC2)n1. The van der Waals surface area contributed by atoms with Crippen LogP contribution in [0.15, 0.2) is 36.9 Å². The molecule has 0 atom stereocenters. The van der Waals surface area contributed by atoms with Gasteiger partial charge in [-0.3, -0.25) is 4.79 Å². The van der Waals surface area contributed by atoms with Gasteiger partial charge in [0.15, 0.2) is 0 Å². The Labute approximate surface area is 117 Å². The van der Waals surface area contributed by atoms with E-state index in [-0.39, 0.29) is 11.3 Å². The quantitative estimate of drug-likeness (QED) is 0.851. The van der Waals surface area contributed by atoms with Gasteiger partial charge in [-0.05, 0) is 25.0 Å². The second-order valence-electron chi connectivity index (χ2n) is 5.37. The van der Waals surface area contributed by atoms with Crippen LogP contribution in [0.4, 0.5) is 5.82 Å². The summed E-state index contributed by atoms with van der Waals surface area (Å²) >= 11 is 0. The number of nitrogens with zero attached hydrogens (tertiary/aromatic N) is 3. The summed E-state index contributed by atoms with van der Waals surface area (Å²) in [5, 5.41) is 2.95. The van der Waals surface area contributed by atoms with Crippen molar-refractivity contribution in [1.29, 1.82) is 0 Å². The normalized spacial score (nSPS) is 15.8. The number of pyridine rings is 1. The van der Waals surface area contributed by atoms with Gasteiger partial charge in [0, 0.05) is 30.9 Å². The van der Waals surface area contributed by atoms with Crippen LogP contribution in [-0.2, 0) is 6.54 Å². The summed E-state index contributed by atoms with van der Waals surface area (Å²) in [4.78, 5) is 20.1.